The number of imide groups is 1. The number of halogens is 1. The van der Waals surface area contributed by atoms with Crippen LogP contribution in [0.25, 0.3) is 0 Å². The summed E-state index contributed by atoms with van der Waals surface area (Å²) >= 11 is 6.13. The van der Waals surface area contributed by atoms with Crippen molar-refractivity contribution >= 4 is 29.5 Å². The average molecular weight is 387 g/mol. The second-order valence-corrected chi connectivity index (χ2v) is 5.63. The predicted molar refractivity (Wildman–Crippen MR) is 95.9 cm³/mol. The summed E-state index contributed by atoms with van der Waals surface area (Å²) in [7, 11) is 1.42. The van der Waals surface area contributed by atoms with E-state index in [0.717, 1.165) is 12.8 Å². The Morgan fingerprint density at radius 1 is 1.15 bits per heavy atom. The summed E-state index contributed by atoms with van der Waals surface area (Å²) in [5, 5.41) is 4.71. The molecule has 0 aliphatic heterocycles. The number of rotatable bonds is 9. The van der Waals surface area contributed by atoms with Crippen LogP contribution < -0.4 is 20.1 Å². The molecule has 1 aromatic rings. The van der Waals surface area contributed by atoms with Crippen molar-refractivity contribution in [3.63, 3.8) is 0 Å². The Balaban J connectivity index is 2.68. The highest BCUT2D eigenvalue weighted by Crippen LogP contribution is 2.36. The first-order valence-corrected chi connectivity index (χ1v) is 8.55. The third-order valence-electron chi connectivity index (χ3n) is 3.04. The van der Waals surface area contributed by atoms with Gasteiger partial charge in [-0.2, -0.15) is 0 Å². The minimum absolute atomic E-state index is 0.0962. The summed E-state index contributed by atoms with van der Waals surface area (Å²) in [6, 6.07) is 2.13. The number of esters is 1. The van der Waals surface area contributed by atoms with Gasteiger partial charge in [-0.3, -0.25) is 10.1 Å². The number of benzene rings is 1. The van der Waals surface area contributed by atoms with Gasteiger partial charge >= 0.3 is 12.0 Å². The first-order valence-electron chi connectivity index (χ1n) is 8.18. The van der Waals surface area contributed by atoms with Gasteiger partial charge in [-0.25, -0.2) is 9.59 Å². The first-order chi connectivity index (χ1) is 12.4. The molecule has 2 N–H and O–H groups in total. The monoisotopic (exact) mass is 386 g/mol. The molecule has 0 saturated carbocycles. The Morgan fingerprint density at radius 2 is 1.88 bits per heavy atom. The van der Waals surface area contributed by atoms with E-state index in [-0.39, 0.29) is 16.3 Å². The number of nitrogens with one attached hydrogen (secondary N) is 2. The van der Waals surface area contributed by atoms with E-state index >= 15 is 0 Å². The topological polar surface area (TPSA) is 103 Å². The van der Waals surface area contributed by atoms with Crippen LogP contribution in [0.2, 0.25) is 5.02 Å². The number of methoxy groups -OCH3 is 1. The fourth-order valence-corrected chi connectivity index (χ4v) is 2.11. The highest BCUT2D eigenvalue weighted by atomic mass is 35.5. The molecule has 1 rings (SSSR count). The Bertz CT molecular complexity index is 650. The summed E-state index contributed by atoms with van der Waals surface area (Å²) in [5.41, 5.74) is 0.0962. The third kappa shape index (κ3) is 6.79. The van der Waals surface area contributed by atoms with Crippen molar-refractivity contribution in [2.45, 2.75) is 26.7 Å². The van der Waals surface area contributed by atoms with E-state index in [1.54, 1.807) is 0 Å². The summed E-state index contributed by atoms with van der Waals surface area (Å²) in [6.45, 7) is 4.09. The zero-order valence-electron chi connectivity index (χ0n) is 15.0. The molecule has 0 spiro atoms. The number of carbonyl (C=O) groups is 3. The minimum Gasteiger partial charge on any atom is -0.493 e. The van der Waals surface area contributed by atoms with Gasteiger partial charge in [0.15, 0.2) is 18.1 Å². The molecule has 0 aliphatic rings. The predicted octanol–water partition coefficient (Wildman–Crippen LogP) is 2.53. The number of hydrogen-bond donors (Lipinski definition) is 2. The number of carbonyl (C=O) groups excluding carboxylic acids is 3. The second-order valence-electron chi connectivity index (χ2n) is 5.22. The summed E-state index contributed by atoms with van der Waals surface area (Å²) < 4.78 is 15.6. The highest BCUT2D eigenvalue weighted by molar-refractivity contribution is 6.32. The van der Waals surface area contributed by atoms with Crippen molar-refractivity contribution in [3.8, 4) is 11.5 Å². The van der Waals surface area contributed by atoms with E-state index in [9.17, 15) is 14.4 Å². The van der Waals surface area contributed by atoms with Crippen LogP contribution in [0.5, 0.6) is 11.5 Å². The zero-order valence-corrected chi connectivity index (χ0v) is 15.8. The van der Waals surface area contributed by atoms with Gasteiger partial charge in [-0.15, -0.1) is 0 Å². The van der Waals surface area contributed by atoms with Crippen molar-refractivity contribution in [3.05, 3.63) is 22.7 Å². The van der Waals surface area contributed by atoms with Crippen LogP contribution in [-0.4, -0.2) is 44.8 Å². The highest BCUT2D eigenvalue weighted by Gasteiger charge is 2.18. The summed E-state index contributed by atoms with van der Waals surface area (Å²) in [6.07, 6.45) is 1.52. The molecular formula is C17H23ClN2O6. The quantitative estimate of drug-likeness (QED) is 0.632. The van der Waals surface area contributed by atoms with Gasteiger partial charge in [0.1, 0.15) is 0 Å². The fourth-order valence-electron chi connectivity index (χ4n) is 1.84. The lowest BCUT2D eigenvalue weighted by Crippen LogP contribution is -2.41. The maximum atomic E-state index is 12.1. The molecule has 0 radical (unpaired) electrons. The molecule has 0 aromatic heterocycles. The van der Waals surface area contributed by atoms with Crippen LogP contribution in [0.1, 0.15) is 37.0 Å². The Labute approximate surface area is 157 Å². The number of urea groups is 1. The van der Waals surface area contributed by atoms with Crippen LogP contribution in [0.4, 0.5) is 4.79 Å². The van der Waals surface area contributed by atoms with Crippen molar-refractivity contribution in [2.24, 2.45) is 0 Å². The summed E-state index contributed by atoms with van der Waals surface area (Å²) in [4.78, 5) is 35.0. The summed E-state index contributed by atoms with van der Waals surface area (Å²) in [5.74, 6) is -0.913. The van der Waals surface area contributed by atoms with E-state index in [0.29, 0.717) is 18.9 Å². The van der Waals surface area contributed by atoms with Gasteiger partial charge < -0.3 is 19.5 Å². The molecule has 9 heteroatoms. The molecule has 26 heavy (non-hydrogen) atoms. The van der Waals surface area contributed by atoms with Gasteiger partial charge in [-0.05, 0) is 25.0 Å². The molecule has 0 fully saturated rings. The Morgan fingerprint density at radius 3 is 2.50 bits per heavy atom. The Kier molecular flexibility index (Phi) is 9.29. The van der Waals surface area contributed by atoms with E-state index in [2.05, 4.69) is 10.6 Å². The lowest BCUT2D eigenvalue weighted by atomic mass is 10.2. The van der Waals surface area contributed by atoms with E-state index < -0.39 is 24.5 Å². The molecule has 3 amide bonds. The minimum atomic E-state index is -0.781. The molecule has 1 aromatic carbocycles. The van der Waals surface area contributed by atoms with Gasteiger partial charge in [0.2, 0.25) is 0 Å². The standard InChI is InChI=1S/C17H23ClN2O6/c1-4-6-19-17(23)20-14(21)10-26-16(22)11-8-12(18)15(25-7-5-2)13(9-11)24-3/h8-9H,4-7,10H2,1-3H3,(H2,19,20,21,23). The zero-order chi connectivity index (χ0) is 19.5. The molecule has 0 aliphatic carbocycles. The van der Waals surface area contributed by atoms with Crippen molar-refractivity contribution in [2.75, 3.05) is 26.9 Å². The number of amides is 3. The van der Waals surface area contributed by atoms with Gasteiger partial charge in [0.05, 0.1) is 24.3 Å². The normalized spacial score (nSPS) is 10.0. The lowest BCUT2D eigenvalue weighted by molar-refractivity contribution is -0.123. The third-order valence-corrected chi connectivity index (χ3v) is 3.32. The van der Waals surface area contributed by atoms with Crippen molar-refractivity contribution in [1.29, 1.82) is 0 Å². The number of hydrogen-bond acceptors (Lipinski definition) is 6. The molecule has 144 valence electrons. The van der Waals surface area contributed by atoms with Crippen LogP contribution in [0.3, 0.4) is 0 Å². The van der Waals surface area contributed by atoms with Crippen molar-refractivity contribution < 1.29 is 28.6 Å². The SMILES string of the molecule is CCCNC(=O)NC(=O)COC(=O)c1cc(Cl)c(OCCC)c(OC)c1. The molecule has 0 bridgehead atoms. The van der Waals surface area contributed by atoms with Crippen LogP contribution >= 0.6 is 11.6 Å². The van der Waals surface area contributed by atoms with E-state index in [4.69, 9.17) is 25.8 Å². The fraction of sp³-hybridized carbons (Fsp3) is 0.471. The number of ether oxygens (including phenoxy) is 3. The maximum absolute atomic E-state index is 12.1. The maximum Gasteiger partial charge on any atom is 0.338 e. The molecule has 0 heterocycles. The smallest absolute Gasteiger partial charge is 0.338 e. The molecule has 8 nitrogen and oxygen atoms in total. The Hall–Kier alpha value is -2.48. The van der Waals surface area contributed by atoms with Crippen LogP contribution in [-0.2, 0) is 9.53 Å². The second kappa shape index (κ2) is 11.2. The molecule has 0 unspecified atom stereocenters. The largest absolute Gasteiger partial charge is 0.493 e. The van der Waals surface area contributed by atoms with Gasteiger partial charge in [-0.1, -0.05) is 25.4 Å². The van der Waals surface area contributed by atoms with E-state index in [1.807, 2.05) is 13.8 Å². The van der Waals surface area contributed by atoms with Crippen LogP contribution in [0.15, 0.2) is 12.1 Å². The first kappa shape index (κ1) is 21.6. The van der Waals surface area contributed by atoms with Gasteiger partial charge in [0, 0.05) is 6.54 Å². The lowest BCUT2D eigenvalue weighted by Gasteiger charge is -2.13. The molecule has 0 saturated heterocycles. The van der Waals surface area contributed by atoms with E-state index in [1.165, 1.54) is 19.2 Å². The average Bonchev–Trinajstić information content (AvgIpc) is 2.62. The molecular weight excluding hydrogens is 364 g/mol. The van der Waals surface area contributed by atoms with Crippen molar-refractivity contribution in [1.82, 2.24) is 10.6 Å². The van der Waals surface area contributed by atoms with Gasteiger partial charge in [0.25, 0.3) is 5.91 Å². The van der Waals surface area contributed by atoms with Crippen LogP contribution in [0, 0.1) is 0 Å². The molecule has 0 atom stereocenters.